The van der Waals surface area contributed by atoms with E-state index in [2.05, 4.69) is 24.5 Å². The molecule has 1 aromatic carbocycles. The van der Waals surface area contributed by atoms with Crippen molar-refractivity contribution < 1.29 is 4.74 Å². The highest BCUT2D eigenvalue weighted by Gasteiger charge is 2.10. The molecule has 1 unspecified atom stereocenters. The second-order valence-corrected chi connectivity index (χ2v) is 3.36. The molecule has 0 saturated carbocycles. The van der Waals surface area contributed by atoms with Crippen molar-refractivity contribution >= 4 is 0 Å². The second-order valence-electron chi connectivity index (χ2n) is 3.36. The fraction of sp³-hybridized carbons (Fsp3) is 0.455. The monoisotopic (exact) mass is 194 g/mol. The predicted molar refractivity (Wildman–Crippen MR) is 57.7 cm³/mol. The van der Waals surface area contributed by atoms with E-state index < -0.39 is 0 Å². The Hall–Kier alpha value is -0.900. The van der Waals surface area contributed by atoms with Gasteiger partial charge in [0.05, 0.1) is 0 Å². The molecule has 0 radical (unpaired) electrons. The zero-order valence-electron chi connectivity index (χ0n) is 8.79. The van der Waals surface area contributed by atoms with Crippen LogP contribution in [0.3, 0.4) is 0 Å². The van der Waals surface area contributed by atoms with Gasteiger partial charge >= 0.3 is 0 Å². The number of methoxy groups -OCH3 is 1. The first-order chi connectivity index (χ1) is 6.79. The summed E-state index contributed by atoms with van der Waals surface area (Å²) in [5.41, 5.74) is 5.31. The van der Waals surface area contributed by atoms with Gasteiger partial charge in [0.15, 0.2) is 0 Å². The number of aryl methyl sites for hydroxylation is 1. The van der Waals surface area contributed by atoms with Gasteiger partial charge in [-0.3, -0.25) is 11.3 Å². The van der Waals surface area contributed by atoms with Crippen molar-refractivity contribution in [1.29, 1.82) is 0 Å². The summed E-state index contributed by atoms with van der Waals surface area (Å²) in [6, 6.07) is 8.42. The van der Waals surface area contributed by atoms with Crippen LogP contribution >= 0.6 is 0 Å². The van der Waals surface area contributed by atoms with Crippen LogP contribution in [0.4, 0.5) is 0 Å². The molecule has 0 amide bonds. The SMILES string of the molecule is COCCC(NN)c1ccccc1C. The van der Waals surface area contributed by atoms with Gasteiger partial charge in [-0.2, -0.15) is 0 Å². The largest absolute Gasteiger partial charge is 0.385 e. The van der Waals surface area contributed by atoms with E-state index in [1.807, 2.05) is 12.1 Å². The maximum absolute atomic E-state index is 5.51. The molecule has 0 fully saturated rings. The number of rotatable bonds is 5. The maximum atomic E-state index is 5.51. The minimum atomic E-state index is 0.177. The van der Waals surface area contributed by atoms with E-state index in [1.165, 1.54) is 11.1 Å². The summed E-state index contributed by atoms with van der Waals surface area (Å²) >= 11 is 0. The molecule has 3 nitrogen and oxygen atoms in total. The lowest BCUT2D eigenvalue weighted by Gasteiger charge is -2.17. The first-order valence-electron chi connectivity index (χ1n) is 4.80. The molecule has 0 saturated heterocycles. The van der Waals surface area contributed by atoms with E-state index in [0.717, 1.165) is 6.42 Å². The van der Waals surface area contributed by atoms with Crippen LogP contribution < -0.4 is 11.3 Å². The third kappa shape index (κ3) is 2.80. The van der Waals surface area contributed by atoms with Crippen molar-refractivity contribution in [3.05, 3.63) is 35.4 Å². The zero-order chi connectivity index (χ0) is 10.4. The molecule has 0 aliphatic heterocycles. The number of nitrogens with one attached hydrogen (secondary N) is 1. The van der Waals surface area contributed by atoms with E-state index >= 15 is 0 Å². The second kappa shape index (κ2) is 5.75. The summed E-state index contributed by atoms with van der Waals surface area (Å²) in [6.45, 7) is 2.80. The Morgan fingerprint density at radius 1 is 1.43 bits per heavy atom. The third-order valence-corrected chi connectivity index (χ3v) is 2.38. The lowest BCUT2D eigenvalue weighted by molar-refractivity contribution is 0.183. The Bertz CT molecular complexity index is 276. The van der Waals surface area contributed by atoms with E-state index in [-0.39, 0.29) is 6.04 Å². The summed E-state index contributed by atoms with van der Waals surface area (Å²) in [4.78, 5) is 0. The predicted octanol–water partition coefficient (Wildman–Crippen LogP) is 1.54. The zero-order valence-corrected chi connectivity index (χ0v) is 8.79. The van der Waals surface area contributed by atoms with Gasteiger partial charge in [-0.25, -0.2) is 0 Å². The average molecular weight is 194 g/mol. The van der Waals surface area contributed by atoms with Crippen molar-refractivity contribution in [2.24, 2.45) is 5.84 Å². The number of benzene rings is 1. The molecule has 3 N–H and O–H groups in total. The Balaban J connectivity index is 2.73. The van der Waals surface area contributed by atoms with Gasteiger partial charge in [-0.15, -0.1) is 0 Å². The molecule has 0 heterocycles. The maximum Gasteiger partial charge on any atom is 0.0484 e. The van der Waals surface area contributed by atoms with E-state index in [1.54, 1.807) is 7.11 Å². The highest BCUT2D eigenvalue weighted by Crippen LogP contribution is 2.19. The molecule has 0 spiro atoms. The van der Waals surface area contributed by atoms with Gasteiger partial charge in [-0.05, 0) is 24.5 Å². The number of hydrogen-bond acceptors (Lipinski definition) is 3. The van der Waals surface area contributed by atoms with Crippen LogP contribution in [0.15, 0.2) is 24.3 Å². The first kappa shape index (κ1) is 11.2. The molecule has 1 rings (SSSR count). The van der Waals surface area contributed by atoms with Crippen molar-refractivity contribution in [2.45, 2.75) is 19.4 Å². The van der Waals surface area contributed by atoms with Crippen molar-refractivity contribution in [3.8, 4) is 0 Å². The van der Waals surface area contributed by atoms with Gasteiger partial charge in [0.1, 0.15) is 0 Å². The fourth-order valence-corrected chi connectivity index (χ4v) is 1.54. The third-order valence-electron chi connectivity index (χ3n) is 2.38. The van der Waals surface area contributed by atoms with Crippen molar-refractivity contribution in [2.75, 3.05) is 13.7 Å². The molecule has 1 atom stereocenters. The summed E-state index contributed by atoms with van der Waals surface area (Å²) < 4.78 is 5.04. The topological polar surface area (TPSA) is 47.3 Å². The smallest absolute Gasteiger partial charge is 0.0484 e. The van der Waals surface area contributed by atoms with Gasteiger partial charge < -0.3 is 4.74 Å². The quantitative estimate of drug-likeness (QED) is 0.552. The lowest BCUT2D eigenvalue weighted by Crippen LogP contribution is -2.29. The van der Waals surface area contributed by atoms with Crippen LogP contribution in [0.5, 0.6) is 0 Å². The Morgan fingerprint density at radius 3 is 2.71 bits per heavy atom. The van der Waals surface area contributed by atoms with Gasteiger partial charge in [0.2, 0.25) is 0 Å². The Labute approximate surface area is 85.2 Å². The molecular weight excluding hydrogens is 176 g/mol. The Morgan fingerprint density at radius 2 is 2.14 bits per heavy atom. The highest BCUT2D eigenvalue weighted by atomic mass is 16.5. The number of hydrazine groups is 1. The van der Waals surface area contributed by atoms with Gasteiger partial charge in [0, 0.05) is 19.8 Å². The molecular formula is C11H18N2O. The van der Waals surface area contributed by atoms with Crippen molar-refractivity contribution in [3.63, 3.8) is 0 Å². The lowest BCUT2D eigenvalue weighted by atomic mass is 10.00. The average Bonchev–Trinajstić information content (AvgIpc) is 2.21. The number of ether oxygens (including phenoxy) is 1. The van der Waals surface area contributed by atoms with Gasteiger partial charge in [-0.1, -0.05) is 24.3 Å². The van der Waals surface area contributed by atoms with E-state index in [9.17, 15) is 0 Å². The minimum Gasteiger partial charge on any atom is -0.385 e. The highest BCUT2D eigenvalue weighted by molar-refractivity contribution is 5.28. The molecule has 0 aromatic heterocycles. The van der Waals surface area contributed by atoms with E-state index in [0.29, 0.717) is 6.61 Å². The first-order valence-corrected chi connectivity index (χ1v) is 4.80. The van der Waals surface area contributed by atoms with Crippen LogP contribution in [0.1, 0.15) is 23.6 Å². The fourth-order valence-electron chi connectivity index (χ4n) is 1.54. The van der Waals surface area contributed by atoms with Gasteiger partial charge in [0.25, 0.3) is 0 Å². The van der Waals surface area contributed by atoms with Crippen LogP contribution in [0.2, 0.25) is 0 Å². The molecule has 0 bridgehead atoms. The molecule has 78 valence electrons. The molecule has 0 aliphatic rings. The normalized spacial score (nSPS) is 12.8. The minimum absolute atomic E-state index is 0.177. The summed E-state index contributed by atoms with van der Waals surface area (Å²) in [5.74, 6) is 5.51. The standard InChI is InChI=1S/C11H18N2O/c1-9-5-3-4-6-10(9)11(13-12)7-8-14-2/h3-6,11,13H,7-8,12H2,1-2H3. The van der Waals surface area contributed by atoms with Crippen LogP contribution in [-0.4, -0.2) is 13.7 Å². The van der Waals surface area contributed by atoms with Crippen LogP contribution in [-0.2, 0) is 4.74 Å². The Kier molecular flexibility index (Phi) is 4.59. The number of hydrogen-bond donors (Lipinski definition) is 2. The molecule has 1 aromatic rings. The summed E-state index contributed by atoms with van der Waals surface area (Å²) in [5, 5.41) is 0. The summed E-state index contributed by atoms with van der Waals surface area (Å²) in [7, 11) is 1.70. The van der Waals surface area contributed by atoms with E-state index in [4.69, 9.17) is 10.6 Å². The van der Waals surface area contributed by atoms with Crippen molar-refractivity contribution in [1.82, 2.24) is 5.43 Å². The van der Waals surface area contributed by atoms with Crippen LogP contribution in [0.25, 0.3) is 0 Å². The van der Waals surface area contributed by atoms with Crippen LogP contribution in [0, 0.1) is 6.92 Å². The molecule has 0 aliphatic carbocycles. The molecule has 14 heavy (non-hydrogen) atoms. The number of nitrogens with two attached hydrogens (primary N) is 1. The molecule has 3 heteroatoms. The summed E-state index contributed by atoms with van der Waals surface area (Å²) in [6.07, 6.45) is 0.887.